The average Bonchev–Trinajstić information content (AvgIpc) is 2.65. The number of halogens is 2. The van der Waals surface area contributed by atoms with E-state index in [9.17, 15) is 13.6 Å². The highest BCUT2D eigenvalue weighted by Gasteiger charge is 2.50. The van der Waals surface area contributed by atoms with Gasteiger partial charge in [0.1, 0.15) is 5.60 Å². The van der Waals surface area contributed by atoms with E-state index in [2.05, 4.69) is 0 Å². The molecule has 170 valence electrons. The first-order valence-corrected chi connectivity index (χ1v) is 11.1. The van der Waals surface area contributed by atoms with Crippen LogP contribution in [0.1, 0.15) is 39.2 Å². The van der Waals surface area contributed by atoms with Crippen LogP contribution in [0.25, 0.3) is 0 Å². The molecular formula is C24H33F2N3O2. The summed E-state index contributed by atoms with van der Waals surface area (Å²) in [7, 11) is 0. The first-order chi connectivity index (χ1) is 14.6. The van der Waals surface area contributed by atoms with Crippen LogP contribution in [0, 0.1) is 5.41 Å². The van der Waals surface area contributed by atoms with E-state index in [1.165, 1.54) is 0 Å². The summed E-state index contributed by atoms with van der Waals surface area (Å²) in [6.45, 7) is 8.95. The maximum Gasteiger partial charge on any atom is 0.410 e. The molecule has 0 N–H and O–H groups in total. The summed E-state index contributed by atoms with van der Waals surface area (Å²) >= 11 is 0. The van der Waals surface area contributed by atoms with Gasteiger partial charge >= 0.3 is 6.09 Å². The molecule has 0 unspecified atom stereocenters. The van der Waals surface area contributed by atoms with Gasteiger partial charge in [-0.2, -0.15) is 8.78 Å². The Labute approximate surface area is 183 Å². The molecule has 0 atom stereocenters. The average molecular weight is 434 g/mol. The van der Waals surface area contributed by atoms with Crippen molar-refractivity contribution in [2.45, 2.75) is 51.7 Å². The molecule has 3 heterocycles. The predicted molar refractivity (Wildman–Crippen MR) is 116 cm³/mol. The van der Waals surface area contributed by atoms with Gasteiger partial charge < -0.3 is 14.5 Å². The molecule has 1 aromatic carbocycles. The van der Waals surface area contributed by atoms with Crippen molar-refractivity contribution in [1.29, 1.82) is 0 Å². The monoisotopic (exact) mass is 433 g/mol. The summed E-state index contributed by atoms with van der Waals surface area (Å²) in [5.74, 6) is -2.85. The van der Waals surface area contributed by atoms with E-state index >= 15 is 0 Å². The van der Waals surface area contributed by atoms with Crippen molar-refractivity contribution in [3.8, 4) is 0 Å². The molecule has 0 aromatic heterocycles. The number of hydrogen-bond donors (Lipinski definition) is 0. The van der Waals surface area contributed by atoms with Crippen LogP contribution in [0.4, 0.5) is 13.6 Å². The van der Waals surface area contributed by atoms with Crippen molar-refractivity contribution in [3.63, 3.8) is 0 Å². The Morgan fingerprint density at radius 2 is 1.71 bits per heavy atom. The first-order valence-electron chi connectivity index (χ1n) is 11.1. The zero-order valence-corrected chi connectivity index (χ0v) is 18.7. The molecule has 0 bridgehead atoms. The molecule has 2 saturated heterocycles. The summed E-state index contributed by atoms with van der Waals surface area (Å²) in [6, 6.07) is 9.75. The van der Waals surface area contributed by atoms with E-state index in [1.54, 1.807) is 15.9 Å². The van der Waals surface area contributed by atoms with E-state index < -0.39 is 11.5 Å². The number of likely N-dealkylation sites (tertiary alicyclic amines) is 2. The normalized spacial score (nSPS) is 23.3. The van der Waals surface area contributed by atoms with Crippen LogP contribution < -0.4 is 0 Å². The van der Waals surface area contributed by atoms with E-state index in [1.807, 2.05) is 56.0 Å². The van der Waals surface area contributed by atoms with Crippen LogP contribution in [0.3, 0.4) is 0 Å². The van der Waals surface area contributed by atoms with Gasteiger partial charge in [0, 0.05) is 44.7 Å². The van der Waals surface area contributed by atoms with Crippen molar-refractivity contribution in [2.75, 3.05) is 39.3 Å². The minimum absolute atomic E-state index is 0.0528. The van der Waals surface area contributed by atoms with Gasteiger partial charge in [0.15, 0.2) is 0 Å². The molecule has 0 saturated carbocycles. The number of rotatable bonds is 3. The van der Waals surface area contributed by atoms with Gasteiger partial charge in [-0.25, -0.2) is 4.79 Å². The number of piperidine rings is 1. The Morgan fingerprint density at radius 3 is 2.29 bits per heavy atom. The molecule has 3 aliphatic heterocycles. The lowest BCUT2D eigenvalue weighted by atomic mass is 9.72. The second-order valence-electron chi connectivity index (χ2n) is 10.3. The van der Waals surface area contributed by atoms with Gasteiger partial charge in [-0.05, 0) is 45.3 Å². The standard InChI is InChI=1S/C24H33F2N3O2/c1-22(2,3)31-21(30)29-16-23(17-29)10-13-28(14-11-23)20-9-12-27(18-24(20,25)26)15-19-7-5-4-6-8-19/h4-9H,10-18H2,1-3H3. The fourth-order valence-electron chi connectivity index (χ4n) is 4.87. The smallest absolute Gasteiger partial charge is 0.410 e. The number of nitrogens with zero attached hydrogens (tertiary/aromatic N) is 3. The lowest BCUT2D eigenvalue weighted by Crippen LogP contribution is -2.63. The Balaban J connectivity index is 1.30. The molecule has 31 heavy (non-hydrogen) atoms. The highest BCUT2D eigenvalue weighted by atomic mass is 19.3. The molecule has 0 radical (unpaired) electrons. The van der Waals surface area contributed by atoms with E-state index in [-0.39, 0.29) is 23.8 Å². The van der Waals surface area contributed by atoms with Crippen LogP contribution in [-0.2, 0) is 11.3 Å². The third kappa shape index (κ3) is 5.03. The van der Waals surface area contributed by atoms with Gasteiger partial charge in [0.05, 0.1) is 12.2 Å². The Morgan fingerprint density at radius 1 is 1.06 bits per heavy atom. The van der Waals surface area contributed by atoms with Gasteiger partial charge in [-0.3, -0.25) is 4.90 Å². The molecule has 7 heteroatoms. The van der Waals surface area contributed by atoms with E-state index in [4.69, 9.17) is 4.74 Å². The van der Waals surface area contributed by atoms with Crippen molar-refractivity contribution in [2.24, 2.45) is 5.41 Å². The number of alkyl halides is 2. The van der Waals surface area contributed by atoms with E-state index in [0.717, 1.165) is 18.4 Å². The van der Waals surface area contributed by atoms with Gasteiger partial charge in [-0.1, -0.05) is 30.3 Å². The SMILES string of the molecule is CC(C)(C)OC(=O)N1CC2(CCN(C3=CCN(Cc4ccccc4)CC3(F)F)CC2)C1. The third-order valence-corrected chi connectivity index (χ3v) is 6.46. The molecule has 4 rings (SSSR count). The molecule has 0 aliphatic carbocycles. The van der Waals surface area contributed by atoms with Crippen LogP contribution in [-0.4, -0.2) is 71.6 Å². The number of carbonyl (C=O) groups excluding carboxylic acids is 1. The van der Waals surface area contributed by atoms with Crippen LogP contribution in [0.15, 0.2) is 42.1 Å². The van der Waals surface area contributed by atoms with Crippen LogP contribution in [0.5, 0.6) is 0 Å². The van der Waals surface area contributed by atoms with Gasteiger partial charge in [0.2, 0.25) is 0 Å². The number of ether oxygens (including phenoxy) is 1. The fourth-order valence-corrected chi connectivity index (χ4v) is 4.87. The first kappa shape index (κ1) is 22.1. The van der Waals surface area contributed by atoms with Crippen molar-refractivity contribution in [3.05, 3.63) is 47.7 Å². The van der Waals surface area contributed by atoms with Crippen LogP contribution >= 0.6 is 0 Å². The Hall–Kier alpha value is -2.15. The van der Waals surface area contributed by atoms with Gasteiger partial charge in [-0.15, -0.1) is 0 Å². The fraction of sp³-hybridized carbons (Fsp3) is 0.625. The second-order valence-corrected chi connectivity index (χ2v) is 10.3. The van der Waals surface area contributed by atoms with Crippen LogP contribution in [0.2, 0.25) is 0 Å². The van der Waals surface area contributed by atoms with E-state index in [0.29, 0.717) is 39.3 Å². The molecular weight excluding hydrogens is 400 g/mol. The number of benzene rings is 1. The minimum atomic E-state index is -2.85. The topological polar surface area (TPSA) is 36.0 Å². The van der Waals surface area contributed by atoms with Crippen molar-refractivity contribution >= 4 is 6.09 Å². The number of carbonyl (C=O) groups is 1. The lowest BCUT2D eigenvalue weighted by molar-refractivity contribution is -0.0709. The highest BCUT2D eigenvalue weighted by Crippen LogP contribution is 2.43. The molecule has 1 aromatic rings. The Kier molecular flexibility index (Phi) is 5.75. The molecule has 5 nitrogen and oxygen atoms in total. The predicted octanol–water partition coefficient (Wildman–Crippen LogP) is 4.35. The number of amides is 1. The largest absolute Gasteiger partial charge is 0.444 e. The zero-order chi connectivity index (χ0) is 22.3. The minimum Gasteiger partial charge on any atom is -0.444 e. The summed E-state index contributed by atoms with van der Waals surface area (Å²) < 4.78 is 35.4. The highest BCUT2D eigenvalue weighted by molar-refractivity contribution is 5.69. The molecule has 1 spiro atoms. The maximum atomic E-state index is 15.0. The number of hydrogen-bond acceptors (Lipinski definition) is 4. The summed E-state index contributed by atoms with van der Waals surface area (Å²) in [5, 5.41) is 0. The summed E-state index contributed by atoms with van der Waals surface area (Å²) in [5.41, 5.74) is 0.776. The summed E-state index contributed by atoms with van der Waals surface area (Å²) in [4.78, 5) is 17.6. The molecule has 3 aliphatic rings. The van der Waals surface area contributed by atoms with Crippen molar-refractivity contribution < 1.29 is 18.3 Å². The quantitative estimate of drug-likeness (QED) is 0.710. The molecule has 2 fully saturated rings. The van der Waals surface area contributed by atoms with Gasteiger partial charge in [0.25, 0.3) is 5.92 Å². The third-order valence-electron chi connectivity index (χ3n) is 6.46. The van der Waals surface area contributed by atoms with Crippen molar-refractivity contribution in [1.82, 2.24) is 14.7 Å². The second kappa shape index (κ2) is 8.08. The molecule has 1 amide bonds. The maximum absolute atomic E-state index is 15.0. The summed E-state index contributed by atoms with van der Waals surface area (Å²) in [6.07, 6.45) is 3.08. The lowest BCUT2D eigenvalue weighted by Gasteiger charge is -2.54. The Bertz CT molecular complexity index is 819. The zero-order valence-electron chi connectivity index (χ0n) is 18.7.